The van der Waals surface area contributed by atoms with Crippen LogP contribution >= 0.6 is 0 Å². The first-order valence-electron chi connectivity index (χ1n) is 6.79. The maximum Gasteiger partial charge on any atom is 0.207 e. The van der Waals surface area contributed by atoms with Crippen molar-refractivity contribution < 1.29 is 14.2 Å². The molecule has 0 unspecified atom stereocenters. The normalized spacial score (nSPS) is 18.6. The van der Waals surface area contributed by atoms with Crippen molar-refractivity contribution in [2.24, 2.45) is 5.73 Å². The van der Waals surface area contributed by atoms with Crippen molar-refractivity contribution in [3.05, 3.63) is 29.3 Å². The van der Waals surface area contributed by atoms with E-state index in [0.29, 0.717) is 25.7 Å². The molecule has 1 aromatic carbocycles. The van der Waals surface area contributed by atoms with Crippen LogP contribution in [0.3, 0.4) is 0 Å². The Morgan fingerprint density at radius 1 is 1.32 bits per heavy atom. The molecule has 1 fully saturated rings. The number of ether oxygens (including phenoxy) is 3. The molecule has 0 spiro atoms. The number of benzene rings is 1. The minimum absolute atomic E-state index is 0.316. The summed E-state index contributed by atoms with van der Waals surface area (Å²) in [6, 6.07) is 6.02. The molecule has 1 aromatic rings. The van der Waals surface area contributed by atoms with Gasteiger partial charge in [0.25, 0.3) is 0 Å². The Balaban J connectivity index is 2.40. The Bertz CT molecular complexity index is 425. The fraction of sp³-hybridized carbons (Fsp3) is 0.600. The van der Waals surface area contributed by atoms with E-state index >= 15 is 0 Å². The molecule has 4 nitrogen and oxygen atoms in total. The minimum atomic E-state index is -0.797. The van der Waals surface area contributed by atoms with Crippen molar-refractivity contribution in [1.82, 2.24) is 0 Å². The second-order valence-electron chi connectivity index (χ2n) is 5.12. The summed E-state index contributed by atoms with van der Waals surface area (Å²) in [4.78, 5) is 0. The van der Waals surface area contributed by atoms with Gasteiger partial charge in [0.1, 0.15) is 5.75 Å². The van der Waals surface area contributed by atoms with Crippen LogP contribution in [0.25, 0.3) is 0 Å². The summed E-state index contributed by atoms with van der Waals surface area (Å²) in [6.45, 7) is 5.95. The first-order valence-corrected chi connectivity index (χ1v) is 6.79. The highest BCUT2D eigenvalue weighted by Crippen LogP contribution is 2.35. The highest BCUT2D eigenvalue weighted by molar-refractivity contribution is 5.41. The van der Waals surface area contributed by atoms with Crippen LogP contribution in [0.5, 0.6) is 5.75 Å². The quantitative estimate of drug-likeness (QED) is 0.908. The second kappa shape index (κ2) is 5.90. The van der Waals surface area contributed by atoms with Crippen LogP contribution < -0.4 is 10.5 Å². The van der Waals surface area contributed by atoms with Gasteiger partial charge in [-0.15, -0.1) is 0 Å². The molecule has 2 rings (SSSR count). The van der Waals surface area contributed by atoms with Crippen molar-refractivity contribution in [3.8, 4) is 5.75 Å². The number of hydrogen-bond acceptors (Lipinski definition) is 4. The summed E-state index contributed by atoms with van der Waals surface area (Å²) in [7, 11) is 1.69. The predicted octanol–water partition coefficient (Wildman–Crippen LogP) is 2.37. The molecule has 19 heavy (non-hydrogen) atoms. The van der Waals surface area contributed by atoms with E-state index in [-0.39, 0.29) is 0 Å². The zero-order chi connectivity index (χ0) is 13.9. The third-order valence-electron chi connectivity index (χ3n) is 3.52. The van der Waals surface area contributed by atoms with Gasteiger partial charge in [0.05, 0.1) is 26.9 Å². The lowest BCUT2D eigenvalue weighted by molar-refractivity contribution is -0.269. The van der Waals surface area contributed by atoms with Crippen LogP contribution in [0.2, 0.25) is 0 Å². The lowest BCUT2D eigenvalue weighted by Gasteiger charge is -2.37. The highest BCUT2D eigenvalue weighted by atomic mass is 16.7. The molecule has 0 bridgehead atoms. The fourth-order valence-electron chi connectivity index (χ4n) is 2.40. The van der Waals surface area contributed by atoms with Crippen molar-refractivity contribution in [2.45, 2.75) is 32.0 Å². The lowest BCUT2D eigenvalue weighted by atomic mass is 9.95. The third kappa shape index (κ3) is 2.76. The maximum atomic E-state index is 5.89. The highest BCUT2D eigenvalue weighted by Gasteiger charge is 2.36. The topological polar surface area (TPSA) is 53.7 Å². The minimum Gasteiger partial charge on any atom is -0.496 e. The smallest absolute Gasteiger partial charge is 0.207 e. The van der Waals surface area contributed by atoms with Crippen molar-refractivity contribution >= 4 is 0 Å². The summed E-state index contributed by atoms with van der Waals surface area (Å²) < 4.78 is 17.0. The molecule has 0 saturated carbocycles. The molecule has 106 valence electrons. The molecule has 1 aliphatic rings. The Morgan fingerprint density at radius 3 is 2.53 bits per heavy atom. The molecule has 0 aliphatic carbocycles. The van der Waals surface area contributed by atoms with E-state index in [1.807, 2.05) is 12.1 Å². The molecule has 2 N–H and O–H groups in total. The van der Waals surface area contributed by atoms with Gasteiger partial charge in [0, 0.05) is 5.56 Å². The monoisotopic (exact) mass is 265 g/mol. The fourth-order valence-corrected chi connectivity index (χ4v) is 2.40. The van der Waals surface area contributed by atoms with Crippen LogP contribution in [0.4, 0.5) is 0 Å². The summed E-state index contributed by atoms with van der Waals surface area (Å²) in [5.74, 6) is 0.462. The average Bonchev–Trinajstić information content (AvgIpc) is 2.47. The van der Waals surface area contributed by atoms with Crippen LogP contribution in [-0.2, 0) is 15.3 Å². The molecule has 1 aliphatic heterocycles. The van der Waals surface area contributed by atoms with E-state index in [0.717, 1.165) is 23.3 Å². The van der Waals surface area contributed by atoms with E-state index in [9.17, 15) is 0 Å². The van der Waals surface area contributed by atoms with Crippen molar-refractivity contribution in [1.29, 1.82) is 0 Å². The first kappa shape index (κ1) is 14.3. The van der Waals surface area contributed by atoms with Gasteiger partial charge in [-0.25, -0.2) is 0 Å². The van der Waals surface area contributed by atoms with E-state index in [4.69, 9.17) is 19.9 Å². The average molecular weight is 265 g/mol. The molecule has 1 heterocycles. The van der Waals surface area contributed by atoms with Crippen LogP contribution in [0.1, 0.15) is 37.3 Å². The van der Waals surface area contributed by atoms with E-state index in [1.165, 1.54) is 0 Å². The maximum absolute atomic E-state index is 5.89. The van der Waals surface area contributed by atoms with Gasteiger partial charge in [-0.2, -0.15) is 0 Å². The second-order valence-corrected chi connectivity index (χ2v) is 5.12. The molecular formula is C15H23NO3. The number of methoxy groups -OCH3 is 1. The van der Waals surface area contributed by atoms with Crippen LogP contribution in [-0.4, -0.2) is 26.9 Å². The Morgan fingerprint density at radius 2 is 2.00 bits per heavy atom. The first-order chi connectivity index (χ1) is 9.13. The lowest BCUT2D eigenvalue weighted by Crippen LogP contribution is -2.44. The number of hydrogen-bond donors (Lipinski definition) is 1. The van der Waals surface area contributed by atoms with E-state index in [1.54, 1.807) is 7.11 Å². The van der Waals surface area contributed by atoms with Crippen LogP contribution in [0.15, 0.2) is 18.2 Å². The summed E-state index contributed by atoms with van der Waals surface area (Å²) in [6.07, 6.45) is 0.912. The van der Waals surface area contributed by atoms with Gasteiger partial charge in [-0.05, 0) is 36.1 Å². The summed E-state index contributed by atoms with van der Waals surface area (Å²) >= 11 is 0. The number of rotatable bonds is 4. The van der Waals surface area contributed by atoms with E-state index < -0.39 is 5.79 Å². The summed E-state index contributed by atoms with van der Waals surface area (Å²) in [5.41, 5.74) is 8.00. The standard InChI is InChI=1S/C15H23NO3/c1-11(2)13-9-12(5-6-14(13)17-3)15(10-16)18-7-4-8-19-15/h5-6,9,11H,4,7-8,10,16H2,1-3H3. The molecule has 0 radical (unpaired) electrons. The largest absolute Gasteiger partial charge is 0.496 e. The predicted molar refractivity (Wildman–Crippen MR) is 74.3 cm³/mol. The van der Waals surface area contributed by atoms with Gasteiger partial charge >= 0.3 is 0 Å². The molecule has 0 aromatic heterocycles. The van der Waals surface area contributed by atoms with E-state index in [2.05, 4.69) is 19.9 Å². The molecule has 0 amide bonds. The Labute approximate surface area is 114 Å². The third-order valence-corrected chi connectivity index (χ3v) is 3.52. The van der Waals surface area contributed by atoms with Gasteiger partial charge in [-0.1, -0.05) is 13.8 Å². The van der Waals surface area contributed by atoms with Crippen molar-refractivity contribution in [3.63, 3.8) is 0 Å². The zero-order valence-corrected chi connectivity index (χ0v) is 11.9. The van der Waals surface area contributed by atoms with Gasteiger partial charge in [-0.3, -0.25) is 0 Å². The zero-order valence-electron chi connectivity index (χ0n) is 11.9. The molecular weight excluding hydrogens is 242 g/mol. The van der Waals surface area contributed by atoms with Crippen LogP contribution in [0, 0.1) is 0 Å². The van der Waals surface area contributed by atoms with Gasteiger partial charge in [0.15, 0.2) is 0 Å². The Hall–Kier alpha value is -1.10. The van der Waals surface area contributed by atoms with Crippen molar-refractivity contribution in [2.75, 3.05) is 26.9 Å². The summed E-state index contributed by atoms with van der Waals surface area (Å²) in [5, 5.41) is 0. The number of nitrogens with two attached hydrogens (primary N) is 1. The molecule has 1 saturated heterocycles. The Kier molecular flexibility index (Phi) is 4.45. The SMILES string of the molecule is COc1ccc(C2(CN)OCCCO2)cc1C(C)C. The molecule has 0 atom stereocenters. The van der Waals surface area contributed by atoms with Gasteiger partial charge in [0.2, 0.25) is 5.79 Å². The van der Waals surface area contributed by atoms with Gasteiger partial charge < -0.3 is 19.9 Å². The molecule has 4 heteroatoms.